The lowest BCUT2D eigenvalue weighted by atomic mass is 10.2. The van der Waals surface area contributed by atoms with E-state index in [1.54, 1.807) is 53.4 Å². The van der Waals surface area contributed by atoms with Crippen LogP contribution in [-0.4, -0.2) is 51.9 Å². The third kappa shape index (κ3) is 5.31. The van der Waals surface area contributed by atoms with Crippen LogP contribution < -0.4 is 9.21 Å². The number of amides is 1. The van der Waals surface area contributed by atoms with Gasteiger partial charge in [0.15, 0.2) is 0 Å². The fourth-order valence-electron chi connectivity index (χ4n) is 3.86. The van der Waals surface area contributed by atoms with Gasteiger partial charge < -0.3 is 9.80 Å². The molecule has 0 bridgehead atoms. The molecule has 3 aromatic rings. The second-order valence-electron chi connectivity index (χ2n) is 8.01. The first-order valence-electron chi connectivity index (χ1n) is 10.8. The van der Waals surface area contributed by atoms with Crippen molar-refractivity contribution in [3.63, 3.8) is 0 Å². The highest BCUT2D eigenvalue weighted by molar-refractivity contribution is 7.92. The highest BCUT2D eigenvalue weighted by atomic mass is 35.5. The lowest BCUT2D eigenvalue weighted by Crippen LogP contribution is -2.52. The van der Waals surface area contributed by atoms with Gasteiger partial charge in [0.1, 0.15) is 6.54 Å². The van der Waals surface area contributed by atoms with Crippen molar-refractivity contribution in [2.24, 2.45) is 0 Å². The Morgan fingerprint density at radius 1 is 0.909 bits per heavy atom. The Hall–Kier alpha value is -3.03. The lowest BCUT2D eigenvalue weighted by molar-refractivity contribution is -0.129. The van der Waals surface area contributed by atoms with E-state index in [2.05, 4.69) is 4.90 Å². The standard InChI is InChI=1S/C25H26ClN3O3S/c1-20-10-12-24(13-11-20)33(31,32)29(22-7-3-2-4-8-22)19-25(30)28-16-14-27(15-17-28)23-9-5-6-21(26)18-23/h2-13,18H,14-17,19H2,1H3. The minimum atomic E-state index is -3.90. The van der Waals surface area contributed by atoms with Crippen molar-refractivity contribution in [3.8, 4) is 0 Å². The molecule has 1 saturated heterocycles. The second-order valence-corrected chi connectivity index (χ2v) is 10.3. The monoisotopic (exact) mass is 483 g/mol. The Labute approximate surface area is 200 Å². The van der Waals surface area contributed by atoms with Crippen molar-refractivity contribution in [1.82, 2.24) is 4.90 Å². The predicted octanol–water partition coefficient (Wildman–Crippen LogP) is 4.19. The number of halogens is 1. The fraction of sp³-hybridized carbons (Fsp3) is 0.240. The zero-order valence-corrected chi connectivity index (χ0v) is 20.0. The minimum absolute atomic E-state index is 0.163. The van der Waals surface area contributed by atoms with Crippen LogP contribution in [0.15, 0.2) is 83.8 Å². The molecule has 0 atom stereocenters. The van der Waals surface area contributed by atoms with Crippen molar-refractivity contribution < 1.29 is 13.2 Å². The van der Waals surface area contributed by atoms with E-state index in [-0.39, 0.29) is 17.3 Å². The molecular weight excluding hydrogens is 458 g/mol. The number of piperazine rings is 1. The Morgan fingerprint density at radius 2 is 1.58 bits per heavy atom. The molecule has 6 nitrogen and oxygen atoms in total. The minimum Gasteiger partial charge on any atom is -0.368 e. The van der Waals surface area contributed by atoms with Crippen LogP contribution >= 0.6 is 11.6 Å². The summed E-state index contributed by atoms with van der Waals surface area (Å²) in [6.07, 6.45) is 0. The number of nitrogens with zero attached hydrogens (tertiary/aromatic N) is 3. The van der Waals surface area contributed by atoms with Crippen LogP contribution in [0.2, 0.25) is 5.02 Å². The number of sulfonamides is 1. The Balaban J connectivity index is 1.51. The van der Waals surface area contributed by atoms with E-state index in [9.17, 15) is 13.2 Å². The summed E-state index contributed by atoms with van der Waals surface area (Å²) in [6, 6.07) is 23.1. The molecule has 8 heteroatoms. The summed E-state index contributed by atoms with van der Waals surface area (Å²) in [7, 11) is -3.90. The first-order chi connectivity index (χ1) is 15.8. The van der Waals surface area contributed by atoms with E-state index >= 15 is 0 Å². The number of para-hydroxylation sites is 1. The quantitative estimate of drug-likeness (QED) is 0.527. The molecule has 0 spiro atoms. The SMILES string of the molecule is Cc1ccc(S(=O)(=O)N(CC(=O)N2CCN(c3cccc(Cl)c3)CC2)c2ccccc2)cc1. The lowest BCUT2D eigenvalue weighted by Gasteiger charge is -2.37. The molecule has 0 aromatic heterocycles. The summed E-state index contributed by atoms with van der Waals surface area (Å²) in [6.45, 7) is 3.98. The van der Waals surface area contributed by atoms with Gasteiger partial charge in [-0.1, -0.05) is 53.6 Å². The van der Waals surface area contributed by atoms with Gasteiger partial charge in [-0.2, -0.15) is 0 Å². The van der Waals surface area contributed by atoms with E-state index in [4.69, 9.17) is 11.6 Å². The van der Waals surface area contributed by atoms with Crippen molar-refractivity contribution >= 4 is 38.9 Å². The zero-order chi connectivity index (χ0) is 23.4. The number of benzene rings is 3. The van der Waals surface area contributed by atoms with Gasteiger partial charge in [0.05, 0.1) is 10.6 Å². The number of carbonyl (C=O) groups excluding carboxylic acids is 1. The summed E-state index contributed by atoms with van der Waals surface area (Å²) in [5, 5.41) is 0.672. The fourth-order valence-corrected chi connectivity index (χ4v) is 5.46. The Morgan fingerprint density at radius 3 is 2.21 bits per heavy atom. The van der Waals surface area contributed by atoms with Gasteiger partial charge in [-0.25, -0.2) is 8.42 Å². The molecule has 172 valence electrons. The normalized spacial score (nSPS) is 14.2. The Bertz CT molecular complexity index is 1210. The van der Waals surface area contributed by atoms with Gasteiger partial charge >= 0.3 is 0 Å². The van der Waals surface area contributed by atoms with Crippen molar-refractivity contribution in [1.29, 1.82) is 0 Å². The molecule has 1 heterocycles. The van der Waals surface area contributed by atoms with Gasteiger partial charge in [0, 0.05) is 36.9 Å². The highest BCUT2D eigenvalue weighted by Crippen LogP contribution is 2.25. The third-order valence-electron chi connectivity index (χ3n) is 5.74. The van der Waals surface area contributed by atoms with Crippen LogP contribution in [0.4, 0.5) is 11.4 Å². The number of aryl methyl sites for hydroxylation is 1. The predicted molar refractivity (Wildman–Crippen MR) is 132 cm³/mol. The summed E-state index contributed by atoms with van der Waals surface area (Å²) in [5.41, 5.74) is 2.44. The van der Waals surface area contributed by atoms with E-state index in [1.807, 2.05) is 37.3 Å². The molecule has 0 N–H and O–H groups in total. The molecule has 0 saturated carbocycles. The van der Waals surface area contributed by atoms with Crippen LogP contribution in [-0.2, 0) is 14.8 Å². The maximum Gasteiger partial charge on any atom is 0.264 e. The molecule has 4 rings (SSSR count). The highest BCUT2D eigenvalue weighted by Gasteiger charge is 2.30. The topological polar surface area (TPSA) is 60.9 Å². The second kappa shape index (κ2) is 9.85. The van der Waals surface area contributed by atoms with Gasteiger partial charge in [0.25, 0.3) is 10.0 Å². The number of carbonyl (C=O) groups is 1. The maximum atomic E-state index is 13.5. The smallest absolute Gasteiger partial charge is 0.264 e. The first-order valence-corrected chi connectivity index (χ1v) is 12.6. The Kier molecular flexibility index (Phi) is 6.91. The van der Waals surface area contributed by atoms with Crippen LogP contribution in [0, 0.1) is 6.92 Å². The number of anilines is 2. The van der Waals surface area contributed by atoms with Gasteiger partial charge in [0.2, 0.25) is 5.91 Å². The molecule has 33 heavy (non-hydrogen) atoms. The molecule has 1 aliphatic rings. The number of hydrogen-bond donors (Lipinski definition) is 0. The molecule has 3 aromatic carbocycles. The van der Waals surface area contributed by atoms with E-state index in [0.29, 0.717) is 36.9 Å². The molecule has 1 fully saturated rings. The first kappa shape index (κ1) is 23.1. The van der Waals surface area contributed by atoms with E-state index in [0.717, 1.165) is 11.3 Å². The third-order valence-corrected chi connectivity index (χ3v) is 7.76. The van der Waals surface area contributed by atoms with E-state index in [1.165, 1.54) is 4.31 Å². The average Bonchev–Trinajstić information content (AvgIpc) is 2.83. The molecule has 1 aliphatic heterocycles. The maximum absolute atomic E-state index is 13.5. The molecule has 0 aliphatic carbocycles. The van der Waals surface area contributed by atoms with Crippen molar-refractivity contribution in [3.05, 3.63) is 89.4 Å². The van der Waals surface area contributed by atoms with Crippen molar-refractivity contribution in [2.45, 2.75) is 11.8 Å². The molecular formula is C25H26ClN3O3S. The summed E-state index contributed by atoms with van der Waals surface area (Å²) >= 11 is 6.11. The van der Waals surface area contributed by atoms with Crippen LogP contribution in [0.1, 0.15) is 5.56 Å². The number of rotatable bonds is 6. The van der Waals surface area contributed by atoms with Gasteiger partial charge in [-0.15, -0.1) is 0 Å². The van der Waals surface area contributed by atoms with Gasteiger partial charge in [-0.05, 0) is 49.4 Å². The summed E-state index contributed by atoms with van der Waals surface area (Å²) in [4.78, 5) is 17.3. The largest absolute Gasteiger partial charge is 0.368 e. The van der Waals surface area contributed by atoms with Crippen LogP contribution in [0.5, 0.6) is 0 Å². The molecule has 1 amide bonds. The van der Waals surface area contributed by atoms with Crippen LogP contribution in [0.25, 0.3) is 0 Å². The summed E-state index contributed by atoms with van der Waals surface area (Å²) < 4.78 is 28.1. The van der Waals surface area contributed by atoms with Crippen LogP contribution in [0.3, 0.4) is 0 Å². The molecule has 0 unspecified atom stereocenters. The average molecular weight is 484 g/mol. The van der Waals surface area contributed by atoms with Crippen molar-refractivity contribution in [2.75, 3.05) is 41.9 Å². The van der Waals surface area contributed by atoms with Gasteiger partial charge in [-0.3, -0.25) is 9.10 Å². The zero-order valence-electron chi connectivity index (χ0n) is 18.4. The molecule has 0 radical (unpaired) electrons. The summed E-state index contributed by atoms with van der Waals surface area (Å²) in [5.74, 6) is -0.222. The number of hydrogen-bond acceptors (Lipinski definition) is 4. The van der Waals surface area contributed by atoms with E-state index < -0.39 is 10.0 Å².